The van der Waals surface area contributed by atoms with Gasteiger partial charge in [-0.2, -0.15) is 0 Å². The molecule has 0 heterocycles. The van der Waals surface area contributed by atoms with E-state index in [1.807, 2.05) is 37.3 Å². The Hall–Kier alpha value is -2.25. The molecule has 2 atom stereocenters. The Balaban J connectivity index is 2.31. The Morgan fingerprint density at radius 3 is 2.36 bits per heavy atom. The molecule has 0 fully saturated rings. The summed E-state index contributed by atoms with van der Waals surface area (Å²) in [4.78, 5) is 12.9. The van der Waals surface area contributed by atoms with Crippen molar-refractivity contribution in [3.05, 3.63) is 59.1 Å². The van der Waals surface area contributed by atoms with Gasteiger partial charge >= 0.3 is 0 Å². The first-order chi connectivity index (χ1) is 13.2. The molecule has 0 saturated heterocycles. The first kappa shape index (κ1) is 22.0. The summed E-state index contributed by atoms with van der Waals surface area (Å²) in [6.07, 6.45) is 1.74. The maximum Gasteiger partial charge on any atom is 0.244 e. The third-order valence-electron chi connectivity index (χ3n) is 4.41. The van der Waals surface area contributed by atoms with Crippen molar-refractivity contribution in [2.45, 2.75) is 32.4 Å². The zero-order valence-corrected chi connectivity index (χ0v) is 17.9. The van der Waals surface area contributed by atoms with Gasteiger partial charge in [-0.05, 0) is 37.1 Å². The van der Waals surface area contributed by atoms with E-state index in [4.69, 9.17) is 16.3 Å². The fourth-order valence-electron chi connectivity index (χ4n) is 3.00. The van der Waals surface area contributed by atoms with Crippen LogP contribution in [0.15, 0.2) is 48.5 Å². The molecule has 1 N–H and O–H groups in total. The highest BCUT2D eigenvalue weighted by Crippen LogP contribution is 2.31. The second-order valence-corrected chi connectivity index (χ2v) is 8.70. The number of benzene rings is 2. The Morgan fingerprint density at radius 2 is 1.86 bits per heavy atom. The SMILES string of the molecule is CC[C@@H](NC(=O)[C@@H](C)N(c1ccc(OC)c(Cl)c1)S(C)(=O)=O)c1ccccc1. The minimum atomic E-state index is -3.73. The molecule has 0 aliphatic rings. The van der Waals surface area contributed by atoms with Crippen molar-refractivity contribution in [1.82, 2.24) is 5.32 Å². The van der Waals surface area contributed by atoms with Gasteiger partial charge in [0.25, 0.3) is 0 Å². The highest BCUT2D eigenvalue weighted by atomic mass is 35.5. The first-order valence-corrected chi connectivity index (χ1v) is 11.1. The summed E-state index contributed by atoms with van der Waals surface area (Å²) >= 11 is 6.15. The minimum absolute atomic E-state index is 0.211. The van der Waals surface area contributed by atoms with E-state index < -0.39 is 22.0 Å². The minimum Gasteiger partial charge on any atom is -0.495 e. The average molecular weight is 425 g/mol. The van der Waals surface area contributed by atoms with Gasteiger partial charge in [-0.3, -0.25) is 9.10 Å². The molecule has 0 unspecified atom stereocenters. The molecule has 152 valence electrons. The summed E-state index contributed by atoms with van der Waals surface area (Å²) < 4.78 is 31.1. The van der Waals surface area contributed by atoms with E-state index >= 15 is 0 Å². The smallest absolute Gasteiger partial charge is 0.244 e. The van der Waals surface area contributed by atoms with Crippen molar-refractivity contribution in [2.75, 3.05) is 17.7 Å². The number of amides is 1. The molecule has 0 aliphatic heterocycles. The van der Waals surface area contributed by atoms with Gasteiger partial charge in [-0.25, -0.2) is 8.42 Å². The number of methoxy groups -OCH3 is 1. The molecule has 2 aromatic carbocycles. The molecule has 0 aromatic heterocycles. The van der Waals surface area contributed by atoms with Crippen molar-refractivity contribution in [2.24, 2.45) is 0 Å². The Bertz CT molecular complexity index is 919. The van der Waals surface area contributed by atoms with Gasteiger partial charge < -0.3 is 10.1 Å². The van der Waals surface area contributed by atoms with E-state index in [9.17, 15) is 13.2 Å². The van der Waals surface area contributed by atoms with Gasteiger partial charge in [-0.15, -0.1) is 0 Å². The highest BCUT2D eigenvalue weighted by Gasteiger charge is 2.30. The molecular weight excluding hydrogens is 400 g/mol. The molecule has 0 bridgehead atoms. The molecule has 6 nitrogen and oxygen atoms in total. The van der Waals surface area contributed by atoms with Gasteiger partial charge in [0, 0.05) is 0 Å². The molecule has 2 aromatic rings. The van der Waals surface area contributed by atoms with Crippen LogP contribution in [-0.4, -0.2) is 33.7 Å². The number of ether oxygens (including phenoxy) is 1. The summed E-state index contributed by atoms with van der Waals surface area (Å²) in [7, 11) is -2.26. The standard InChI is InChI=1S/C20H25ClN2O4S/c1-5-18(15-9-7-6-8-10-15)22-20(24)14(2)23(28(4,25)26)16-11-12-19(27-3)17(21)13-16/h6-14,18H,5H2,1-4H3,(H,22,24)/t14-,18-/m1/s1. The average Bonchev–Trinajstić information content (AvgIpc) is 2.65. The second-order valence-electron chi connectivity index (χ2n) is 6.43. The molecule has 0 saturated carbocycles. The molecular formula is C20H25ClN2O4S. The first-order valence-electron chi connectivity index (χ1n) is 8.87. The molecule has 28 heavy (non-hydrogen) atoms. The van der Waals surface area contributed by atoms with Crippen LogP contribution in [0.4, 0.5) is 5.69 Å². The van der Waals surface area contributed by atoms with Crippen LogP contribution in [0.2, 0.25) is 5.02 Å². The third-order valence-corrected chi connectivity index (χ3v) is 5.94. The van der Waals surface area contributed by atoms with Crippen molar-refractivity contribution in [1.29, 1.82) is 0 Å². The lowest BCUT2D eigenvalue weighted by molar-refractivity contribution is -0.122. The van der Waals surface area contributed by atoms with E-state index in [1.54, 1.807) is 19.1 Å². The summed E-state index contributed by atoms with van der Waals surface area (Å²) in [5, 5.41) is 3.20. The largest absolute Gasteiger partial charge is 0.495 e. The lowest BCUT2D eigenvalue weighted by Gasteiger charge is -2.30. The van der Waals surface area contributed by atoms with Crippen LogP contribution in [0.3, 0.4) is 0 Å². The van der Waals surface area contributed by atoms with Crippen LogP contribution in [0, 0.1) is 0 Å². The number of carbonyl (C=O) groups excluding carboxylic acids is 1. The zero-order valence-electron chi connectivity index (χ0n) is 16.3. The number of nitrogens with one attached hydrogen (secondary N) is 1. The van der Waals surface area contributed by atoms with E-state index in [0.717, 1.165) is 16.1 Å². The number of nitrogens with zero attached hydrogens (tertiary/aromatic N) is 1. The van der Waals surface area contributed by atoms with Crippen LogP contribution in [-0.2, 0) is 14.8 Å². The van der Waals surface area contributed by atoms with Crippen LogP contribution in [0.5, 0.6) is 5.75 Å². The maximum absolute atomic E-state index is 12.9. The number of carbonyl (C=O) groups is 1. The van der Waals surface area contributed by atoms with Gasteiger partial charge in [0.05, 0.1) is 30.1 Å². The number of sulfonamides is 1. The van der Waals surface area contributed by atoms with E-state index in [1.165, 1.54) is 13.2 Å². The molecule has 0 spiro atoms. The number of hydrogen-bond acceptors (Lipinski definition) is 4. The van der Waals surface area contributed by atoms with Crippen molar-refractivity contribution >= 4 is 33.2 Å². The van der Waals surface area contributed by atoms with Crippen molar-refractivity contribution in [3.63, 3.8) is 0 Å². The monoisotopic (exact) mass is 424 g/mol. The maximum atomic E-state index is 12.9. The zero-order chi connectivity index (χ0) is 20.9. The van der Waals surface area contributed by atoms with Crippen LogP contribution in [0.25, 0.3) is 0 Å². The molecule has 0 aliphatic carbocycles. The summed E-state index contributed by atoms with van der Waals surface area (Å²) in [5.74, 6) is 0.0270. The van der Waals surface area contributed by atoms with Crippen molar-refractivity contribution < 1.29 is 17.9 Å². The second kappa shape index (κ2) is 9.30. The Morgan fingerprint density at radius 1 is 1.21 bits per heavy atom. The predicted molar refractivity (Wildman–Crippen MR) is 112 cm³/mol. The lowest BCUT2D eigenvalue weighted by Crippen LogP contribution is -2.48. The summed E-state index contributed by atoms with van der Waals surface area (Å²) in [5.41, 5.74) is 1.26. The van der Waals surface area contributed by atoms with Gasteiger partial charge in [0.2, 0.25) is 15.9 Å². The summed E-state index contributed by atoms with van der Waals surface area (Å²) in [6, 6.07) is 13.0. The topological polar surface area (TPSA) is 75.7 Å². The van der Waals surface area contributed by atoms with Crippen LogP contribution < -0.4 is 14.4 Å². The molecule has 1 amide bonds. The van der Waals surface area contributed by atoms with Crippen LogP contribution in [0.1, 0.15) is 31.9 Å². The summed E-state index contributed by atoms with van der Waals surface area (Å²) in [6.45, 7) is 3.51. The normalized spacial score (nSPS) is 13.5. The molecule has 0 radical (unpaired) electrons. The third kappa shape index (κ3) is 5.17. The molecule has 8 heteroatoms. The van der Waals surface area contributed by atoms with E-state index in [-0.39, 0.29) is 11.1 Å². The van der Waals surface area contributed by atoms with Gasteiger partial charge in [-0.1, -0.05) is 48.9 Å². The number of rotatable bonds is 8. The van der Waals surface area contributed by atoms with Gasteiger partial charge in [0.15, 0.2) is 0 Å². The fourth-order valence-corrected chi connectivity index (χ4v) is 4.42. The van der Waals surface area contributed by atoms with Gasteiger partial charge in [0.1, 0.15) is 11.8 Å². The predicted octanol–water partition coefficient (Wildman–Crippen LogP) is 3.77. The Labute approximate surface area is 171 Å². The van der Waals surface area contributed by atoms with E-state index in [0.29, 0.717) is 17.9 Å². The fraction of sp³-hybridized carbons (Fsp3) is 0.350. The quantitative estimate of drug-likeness (QED) is 0.699. The lowest BCUT2D eigenvalue weighted by atomic mass is 10.0. The number of hydrogen-bond donors (Lipinski definition) is 1. The Kier molecular flexibility index (Phi) is 7.32. The van der Waals surface area contributed by atoms with Crippen molar-refractivity contribution in [3.8, 4) is 5.75 Å². The molecule has 2 rings (SSSR count). The van der Waals surface area contributed by atoms with Crippen LogP contribution >= 0.6 is 11.6 Å². The highest BCUT2D eigenvalue weighted by molar-refractivity contribution is 7.92. The number of anilines is 1. The number of halogens is 1. The van der Waals surface area contributed by atoms with E-state index in [2.05, 4.69) is 5.32 Å².